The van der Waals surface area contributed by atoms with Crippen LogP contribution in [0.25, 0.3) is 0 Å². The molecule has 2 saturated carbocycles. The molecule has 2 nitrogen and oxygen atoms in total. The number of likely N-dealkylation sites (N-methyl/N-ethyl adjacent to an activating group) is 1. The molecule has 0 spiro atoms. The molecule has 0 heterocycles. The summed E-state index contributed by atoms with van der Waals surface area (Å²) in [5, 5.41) is 0. The predicted octanol–water partition coefficient (Wildman–Crippen LogP) is 1.64. The molecule has 0 aromatic heterocycles. The Morgan fingerprint density at radius 1 is 1.43 bits per heavy atom. The molecule has 0 aromatic rings. The summed E-state index contributed by atoms with van der Waals surface area (Å²) in [6.45, 7) is 1.97. The molecule has 2 aliphatic carbocycles. The third-order valence-electron chi connectivity index (χ3n) is 3.86. The van der Waals surface area contributed by atoms with Crippen LogP contribution in [0.15, 0.2) is 0 Å². The van der Waals surface area contributed by atoms with Gasteiger partial charge in [-0.2, -0.15) is 0 Å². The Bertz CT molecular complexity index is 229. The largest absolute Gasteiger partial charge is 0.392 e. The van der Waals surface area contributed by atoms with Crippen LogP contribution in [-0.4, -0.2) is 30.0 Å². The van der Waals surface area contributed by atoms with Crippen molar-refractivity contribution in [2.45, 2.75) is 25.7 Å². The van der Waals surface area contributed by atoms with Gasteiger partial charge in [-0.25, -0.2) is 0 Å². The van der Waals surface area contributed by atoms with E-state index in [0.29, 0.717) is 4.99 Å². The van der Waals surface area contributed by atoms with E-state index in [1.54, 1.807) is 0 Å². The van der Waals surface area contributed by atoms with Crippen molar-refractivity contribution >= 4 is 17.2 Å². The summed E-state index contributed by atoms with van der Waals surface area (Å²) in [7, 11) is 2.13. The molecule has 0 radical (unpaired) electrons. The fourth-order valence-corrected chi connectivity index (χ4v) is 3.55. The lowest BCUT2D eigenvalue weighted by atomic mass is 9.88. The lowest BCUT2D eigenvalue weighted by molar-refractivity contribution is 0.237. The van der Waals surface area contributed by atoms with Crippen molar-refractivity contribution in [1.29, 1.82) is 0 Å². The minimum atomic E-state index is 0.621. The molecule has 2 rings (SSSR count). The normalized spacial score (nSPS) is 35.4. The van der Waals surface area contributed by atoms with E-state index >= 15 is 0 Å². The van der Waals surface area contributed by atoms with E-state index < -0.39 is 0 Å². The Labute approximate surface area is 91.8 Å². The second-order valence-electron chi connectivity index (χ2n) is 5.10. The third-order valence-corrected chi connectivity index (χ3v) is 3.99. The van der Waals surface area contributed by atoms with Crippen molar-refractivity contribution in [1.82, 2.24) is 4.90 Å². The zero-order chi connectivity index (χ0) is 10.1. The van der Waals surface area contributed by atoms with E-state index in [1.807, 2.05) is 0 Å². The van der Waals surface area contributed by atoms with Gasteiger partial charge in [-0.1, -0.05) is 18.6 Å². The maximum atomic E-state index is 5.53. The average molecular weight is 212 g/mol. The lowest BCUT2D eigenvalue weighted by Crippen LogP contribution is -2.34. The molecule has 3 heteroatoms. The Balaban J connectivity index is 1.78. The summed E-state index contributed by atoms with van der Waals surface area (Å²) in [6.07, 6.45) is 5.90. The van der Waals surface area contributed by atoms with Gasteiger partial charge in [0.2, 0.25) is 0 Å². The second kappa shape index (κ2) is 4.15. The van der Waals surface area contributed by atoms with Crippen LogP contribution in [0.2, 0.25) is 0 Å². The van der Waals surface area contributed by atoms with Crippen molar-refractivity contribution in [2.24, 2.45) is 23.5 Å². The molecular weight excluding hydrogens is 192 g/mol. The van der Waals surface area contributed by atoms with E-state index in [4.69, 9.17) is 18.0 Å². The average Bonchev–Trinajstić information content (AvgIpc) is 2.62. The quantitative estimate of drug-likeness (QED) is 0.718. The van der Waals surface area contributed by atoms with Crippen LogP contribution in [0.3, 0.4) is 0 Å². The second-order valence-corrected chi connectivity index (χ2v) is 5.62. The molecule has 0 amide bonds. The van der Waals surface area contributed by atoms with Crippen LogP contribution < -0.4 is 5.73 Å². The number of hydrogen-bond acceptors (Lipinski definition) is 2. The molecule has 14 heavy (non-hydrogen) atoms. The summed E-state index contributed by atoms with van der Waals surface area (Å²) < 4.78 is 0. The molecule has 0 aliphatic heterocycles. The van der Waals surface area contributed by atoms with Gasteiger partial charge in [0.25, 0.3) is 0 Å². The number of hydrogen-bond donors (Lipinski definition) is 1. The minimum absolute atomic E-state index is 0.621. The zero-order valence-corrected chi connectivity index (χ0v) is 9.72. The van der Waals surface area contributed by atoms with Crippen LogP contribution in [0.5, 0.6) is 0 Å². The lowest BCUT2D eigenvalue weighted by Gasteiger charge is -2.26. The summed E-state index contributed by atoms with van der Waals surface area (Å²) in [5.41, 5.74) is 5.53. The first-order valence-corrected chi connectivity index (χ1v) is 6.03. The maximum Gasteiger partial charge on any atom is 0.0869 e. The maximum absolute atomic E-state index is 5.53. The van der Waals surface area contributed by atoms with Gasteiger partial charge in [0.05, 0.1) is 4.99 Å². The summed E-state index contributed by atoms with van der Waals surface area (Å²) >= 11 is 4.92. The number of thiocarbonyl (C=S) groups is 1. The first-order valence-electron chi connectivity index (χ1n) is 5.62. The highest BCUT2D eigenvalue weighted by atomic mass is 32.1. The van der Waals surface area contributed by atoms with Gasteiger partial charge in [-0.05, 0) is 44.1 Å². The van der Waals surface area contributed by atoms with E-state index in [0.717, 1.165) is 24.3 Å². The fourth-order valence-electron chi connectivity index (χ4n) is 3.33. The molecule has 3 unspecified atom stereocenters. The zero-order valence-electron chi connectivity index (χ0n) is 8.91. The topological polar surface area (TPSA) is 29.3 Å². The van der Waals surface area contributed by atoms with E-state index in [2.05, 4.69) is 11.9 Å². The van der Waals surface area contributed by atoms with Crippen molar-refractivity contribution in [3.63, 3.8) is 0 Å². The molecule has 2 N–H and O–H groups in total. The SMILES string of the molecule is CN(CC(N)=S)CC1CC2CCC1C2. The molecule has 0 aromatic carbocycles. The summed E-state index contributed by atoms with van der Waals surface area (Å²) in [6, 6.07) is 0. The van der Waals surface area contributed by atoms with Gasteiger partial charge < -0.3 is 5.73 Å². The monoisotopic (exact) mass is 212 g/mol. The molecule has 2 fully saturated rings. The molecule has 0 saturated heterocycles. The molecular formula is C11H20N2S. The number of nitrogens with two attached hydrogens (primary N) is 1. The number of rotatable bonds is 4. The Morgan fingerprint density at radius 3 is 2.71 bits per heavy atom. The Morgan fingerprint density at radius 2 is 2.21 bits per heavy atom. The molecule has 80 valence electrons. The molecule has 2 aliphatic rings. The van der Waals surface area contributed by atoms with Crippen LogP contribution >= 0.6 is 12.2 Å². The van der Waals surface area contributed by atoms with Gasteiger partial charge >= 0.3 is 0 Å². The third kappa shape index (κ3) is 2.26. The molecule has 2 bridgehead atoms. The smallest absolute Gasteiger partial charge is 0.0869 e. The highest BCUT2D eigenvalue weighted by molar-refractivity contribution is 7.80. The van der Waals surface area contributed by atoms with Gasteiger partial charge in [0, 0.05) is 13.1 Å². The van der Waals surface area contributed by atoms with Crippen molar-refractivity contribution in [3.8, 4) is 0 Å². The minimum Gasteiger partial charge on any atom is -0.392 e. The number of nitrogens with zero attached hydrogens (tertiary/aromatic N) is 1. The Hall–Kier alpha value is -0.150. The van der Waals surface area contributed by atoms with Gasteiger partial charge in [-0.3, -0.25) is 4.90 Å². The van der Waals surface area contributed by atoms with Gasteiger partial charge in [0.15, 0.2) is 0 Å². The standard InChI is InChI=1S/C11H20N2S/c1-13(7-11(12)14)6-10-5-8-2-3-9(10)4-8/h8-10H,2-7H2,1H3,(H2,12,14). The highest BCUT2D eigenvalue weighted by Gasteiger charge is 2.39. The van der Waals surface area contributed by atoms with Gasteiger partial charge in [-0.15, -0.1) is 0 Å². The fraction of sp³-hybridized carbons (Fsp3) is 0.909. The molecule has 3 atom stereocenters. The summed E-state index contributed by atoms with van der Waals surface area (Å²) in [4.78, 5) is 2.91. The van der Waals surface area contributed by atoms with Gasteiger partial charge in [0.1, 0.15) is 0 Å². The first kappa shape index (κ1) is 10.4. The van der Waals surface area contributed by atoms with E-state index in [1.165, 1.54) is 32.2 Å². The Kier molecular flexibility index (Phi) is 3.07. The predicted molar refractivity (Wildman–Crippen MR) is 63.2 cm³/mol. The first-order chi connectivity index (χ1) is 6.65. The summed E-state index contributed by atoms with van der Waals surface area (Å²) in [5.74, 6) is 2.98. The van der Waals surface area contributed by atoms with Crippen molar-refractivity contribution < 1.29 is 0 Å². The van der Waals surface area contributed by atoms with Crippen LogP contribution in [-0.2, 0) is 0 Å². The van der Waals surface area contributed by atoms with Crippen molar-refractivity contribution in [3.05, 3.63) is 0 Å². The van der Waals surface area contributed by atoms with Crippen LogP contribution in [0.1, 0.15) is 25.7 Å². The van der Waals surface area contributed by atoms with Crippen LogP contribution in [0, 0.1) is 17.8 Å². The van der Waals surface area contributed by atoms with E-state index in [-0.39, 0.29) is 0 Å². The van der Waals surface area contributed by atoms with Crippen LogP contribution in [0.4, 0.5) is 0 Å². The number of fused-ring (bicyclic) bond motifs is 2. The van der Waals surface area contributed by atoms with E-state index in [9.17, 15) is 0 Å². The van der Waals surface area contributed by atoms with Crippen molar-refractivity contribution in [2.75, 3.05) is 20.1 Å². The highest BCUT2D eigenvalue weighted by Crippen LogP contribution is 2.48.